The highest BCUT2D eigenvalue weighted by molar-refractivity contribution is 4.74. The van der Waals surface area contributed by atoms with Crippen LogP contribution in [-0.4, -0.2) is 50.3 Å². The number of nitrogens with one attached hydrogen (secondary N) is 1. The van der Waals surface area contributed by atoms with E-state index in [1.807, 2.05) is 0 Å². The van der Waals surface area contributed by atoms with E-state index < -0.39 is 0 Å². The van der Waals surface area contributed by atoms with E-state index in [1.165, 1.54) is 25.7 Å². The van der Waals surface area contributed by atoms with Gasteiger partial charge in [-0.3, -0.25) is 4.90 Å². The molecule has 1 N–H and O–H groups in total. The van der Waals surface area contributed by atoms with Gasteiger partial charge in [0.05, 0.1) is 6.10 Å². The number of rotatable bonds is 7. The molecule has 0 bridgehead atoms. The van der Waals surface area contributed by atoms with Crippen molar-refractivity contribution in [3.8, 4) is 0 Å². The third kappa shape index (κ3) is 4.81. The fourth-order valence-electron chi connectivity index (χ4n) is 2.34. The van der Waals surface area contributed by atoms with E-state index in [2.05, 4.69) is 31.1 Å². The average Bonchev–Trinajstić information content (AvgIpc) is 2.31. The molecule has 1 heterocycles. The van der Waals surface area contributed by atoms with Crippen LogP contribution in [0.2, 0.25) is 0 Å². The van der Waals surface area contributed by atoms with Crippen molar-refractivity contribution in [3.05, 3.63) is 0 Å². The Morgan fingerprint density at radius 1 is 1.38 bits per heavy atom. The lowest BCUT2D eigenvalue weighted by molar-refractivity contribution is -0.00831. The average molecular weight is 228 g/mol. The fourth-order valence-corrected chi connectivity index (χ4v) is 2.34. The molecule has 0 aromatic rings. The van der Waals surface area contributed by atoms with Crippen molar-refractivity contribution in [2.45, 2.75) is 51.7 Å². The molecular weight excluding hydrogens is 200 g/mol. The van der Waals surface area contributed by atoms with Gasteiger partial charge in [0.2, 0.25) is 0 Å². The lowest BCUT2D eigenvalue weighted by atomic mass is 10.1. The van der Waals surface area contributed by atoms with Gasteiger partial charge in [0.25, 0.3) is 0 Å². The van der Waals surface area contributed by atoms with E-state index in [9.17, 15) is 0 Å². The van der Waals surface area contributed by atoms with Crippen LogP contribution in [0.4, 0.5) is 0 Å². The zero-order chi connectivity index (χ0) is 11.8. The summed E-state index contributed by atoms with van der Waals surface area (Å²) >= 11 is 0. The summed E-state index contributed by atoms with van der Waals surface area (Å²) in [4.78, 5) is 2.46. The van der Waals surface area contributed by atoms with Crippen LogP contribution in [0, 0.1) is 0 Å². The third-order valence-corrected chi connectivity index (χ3v) is 3.49. The van der Waals surface area contributed by atoms with Crippen LogP contribution in [0.5, 0.6) is 0 Å². The summed E-state index contributed by atoms with van der Waals surface area (Å²) in [6.45, 7) is 8.63. The van der Waals surface area contributed by atoms with Gasteiger partial charge >= 0.3 is 0 Å². The van der Waals surface area contributed by atoms with E-state index in [0.717, 1.165) is 26.2 Å². The minimum Gasteiger partial charge on any atom is -0.377 e. The normalized spacial score (nSPS) is 23.6. The second kappa shape index (κ2) is 8.04. The molecule has 96 valence electrons. The van der Waals surface area contributed by atoms with Gasteiger partial charge < -0.3 is 10.1 Å². The highest BCUT2D eigenvalue weighted by Crippen LogP contribution is 2.14. The standard InChI is InChI=1S/C13H28N2O/c1-4-12(10-14-5-2)15(3)11-13-8-6-7-9-16-13/h12-14H,4-11H2,1-3H3. The first-order valence-corrected chi connectivity index (χ1v) is 6.80. The van der Waals surface area contributed by atoms with E-state index in [-0.39, 0.29) is 0 Å². The van der Waals surface area contributed by atoms with Gasteiger partial charge in [-0.25, -0.2) is 0 Å². The maximum atomic E-state index is 5.79. The highest BCUT2D eigenvalue weighted by Gasteiger charge is 2.19. The molecule has 16 heavy (non-hydrogen) atoms. The Bertz CT molecular complexity index is 169. The van der Waals surface area contributed by atoms with E-state index in [1.54, 1.807) is 0 Å². The number of nitrogens with zero attached hydrogens (tertiary/aromatic N) is 1. The van der Waals surface area contributed by atoms with Gasteiger partial charge in [0.15, 0.2) is 0 Å². The predicted molar refractivity (Wildman–Crippen MR) is 68.8 cm³/mol. The quantitative estimate of drug-likeness (QED) is 0.720. The lowest BCUT2D eigenvalue weighted by Gasteiger charge is -2.32. The van der Waals surface area contributed by atoms with Gasteiger partial charge in [-0.05, 0) is 39.3 Å². The maximum Gasteiger partial charge on any atom is 0.0702 e. The van der Waals surface area contributed by atoms with Crippen LogP contribution in [0.3, 0.4) is 0 Å². The van der Waals surface area contributed by atoms with Crippen molar-refractivity contribution in [1.29, 1.82) is 0 Å². The number of hydrogen-bond donors (Lipinski definition) is 1. The lowest BCUT2D eigenvalue weighted by Crippen LogP contribution is -2.44. The molecule has 0 aromatic heterocycles. The van der Waals surface area contributed by atoms with Crippen LogP contribution in [0.25, 0.3) is 0 Å². The van der Waals surface area contributed by atoms with E-state index >= 15 is 0 Å². The molecule has 0 aliphatic carbocycles. The first-order valence-electron chi connectivity index (χ1n) is 6.80. The van der Waals surface area contributed by atoms with Crippen molar-refractivity contribution >= 4 is 0 Å². The molecule has 2 atom stereocenters. The number of likely N-dealkylation sites (N-methyl/N-ethyl adjacent to an activating group) is 2. The Labute approximate surface area is 101 Å². The van der Waals surface area contributed by atoms with Gasteiger partial charge in [-0.1, -0.05) is 13.8 Å². The highest BCUT2D eigenvalue weighted by atomic mass is 16.5. The molecule has 3 nitrogen and oxygen atoms in total. The Balaban J connectivity index is 2.26. The summed E-state index contributed by atoms with van der Waals surface area (Å²) in [5.74, 6) is 0. The molecule has 1 aliphatic heterocycles. The van der Waals surface area contributed by atoms with Crippen LogP contribution in [-0.2, 0) is 4.74 Å². The molecule has 1 fully saturated rings. The van der Waals surface area contributed by atoms with Crippen LogP contribution in [0.1, 0.15) is 39.5 Å². The monoisotopic (exact) mass is 228 g/mol. The summed E-state index contributed by atoms with van der Waals surface area (Å²) in [6, 6.07) is 0.644. The minimum atomic E-state index is 0.467. The van der Waals surface area contributed by atoms with Crippen molar-refractivity contribution in [2.75, 3.05) is 33.3 Å². The molecule has 0 aromatic carbocycles. The summed E-state index contributed by atoms with van der Waals surface area (Å²) in [5, 5.41) is 3.43. The maximum absolute atomic E-state index is 5.79. The Morgan fingerprint density at radius 3 is 2.75 bits per heavy atom. The van der Waals surface area contributed by atoms with Crippen LogP contribution in [0.15, 0.2) is 0 Å². The molecule has 3 heteroatoms. The van der Waals surface area contributed by atoms with E-state index in [4.69, 9.17) is 4.74 Å². The number of hydrogen-bond acceptors (Lipinski definition) is 3. The van der Waals surface area contributed by atoms with E-state index in [0.29, 0.717) is 12.1 Å². The number of ether oxygens (including phenoxy) is 1. The SMILES string of the molecule is CCNCC(CC)N(C)CC1CCCCO1. The Morgan fingerprint density at radius 2 is 2.19 bits per heavy atom. The topological polar surface area (TPSA) is 24.5 Å². The third-order valence-electron chi connectivity index (χ3n) is 3.49. The first-order chi connectivity index (χ1) is 7.77. The van der Waals surface area contributed by atoms with Crippen LogP contribution < -0.4 is 5.32 Å². The van der Waals surface area contributed by atoms with Crippen LogP contribution >= 0.6 is 0 Å². The smallest absolute Gasteiger partial charge is 0.0702 e. The minimum absolute atomic E-state index is 0.467. The molecule has 1 saturated heterocycles. The molecule has 0 radical (unpaired) electrons. The zero-order valence-corrected chi connectivity index (χ0v) is 11.2. The molecule has 0 amide bonds. The second-order valence-corrected chi connectivity index (χ2v) is 4.80. The predicted octanol–water partition coefficient (Wildman–Crippen LogP) is 1.88. The molecule has 1 aliphatic rings. The molecule has 2 unspecified atom stereocenters. The first kappa shape index (κ1) is 13.9. The summed E-state index contributed by atoms with van der Waals surface area (Å²) in [5.41, 5.74) is 0. The van der Waals surface area contributed by atoms with Crippen molar-refractivity contribution in [2.24, 2.45) is 0 Å². The fraction of sp³-hybridized carbons (Fsp3) is 1.00. The Hall–Kier alpha value is -0.120. The molecule has 1 rings (SSSR count). The van der Waals surface area contributed by atoms with Crippen molar-refractivity contribution in [1.82, 2.24) is 10.2 Å². The molecule has 0 spiro atoms. The second-order valence-electron chi connectivity index (χ2n) is 4.80. The summed E-state index contributed by atoms with van der Waals surface area (Å²) in [6.07, 6.45) is 5.49. The largest absolute Gasteiger partial charge is 0.377 e. The van der Waals surface area contributed by atoms with Crippen molar-refractivity contribution < 1.29 is 4.74 Å². The Kier molecular flexibility index (Phi) is 7.01. The zero-order valence-electron chi connectivity index (χ0n) is 11.2. The molecule has 0 saturated carbocycles. The van der Waals surface area contributed by atoms with Gasteiger partial charge in [-0.15, -0.1) is 0 Å². The summed E-state index contributed by atoms with van der Waals surface area (Å²) < 4.78 is 5.79. The van der Waals surface area contributed by atoms with Crippen molar-refractivity contribution in [3.63, 3.8) is 0 Å². The van der Waals surface area contributed by atoms with Gasteiger partial charge in [-0.2, -0.15) is 0 Å². The van der Waals surface area contributed by atoms with Gasteiger partial charge in [0, 0.05) is 25.7 Å². The summed E-state index contributed by atoms with van der Waals surface area (Å²) in [7, 11) is 2.23. The van der Waals surface area contributed by atoms with Gasteiger partial charge in [0.1, 0.15) is 0 Å². The molecular formula is C13H28N2O.